The zero-order chi connectivity index (χ0) is 14.7. The highest BCUT2D eigenvalue weighted by atomic mass is 79.9. The molecule has 6 heteroatoms. The second-order valence-electron chi connectivity index (χ2n) is 3.97. The minimum Gasteiger partial charge on any atom is -0.486 e. The van der Waals surface area contributed by atoms with E-state index in [9.17, 15) is 9.18 Å². The molecule has 0 saturated carbocycles. The number of aromatic carboxylic acids is 1. The largest absolute Gasteiger partial charge is 0.486 e. The fraction of sp³-hybridized carbons (Fsp3) is 0.0714. The van der Waals surface area contributed by atoms with Crippen LogP contribution >= 0.6 is 27.5 Å². The number of halogens is 3. The number of rotatable bonds is 4. The maximum absolute atomic E-state index is 13.6. The van der Waals surface area contributed by atoms with E-state index in [1.807, 2.05) is 0 Å². The van der Waals surface area contributed by atoms with Gasteiger partial charge < -0.3 is 9.84 Å². The third-order valence-electron chi connectivity index (χ3n) is 2.58. The maximum atomic E-state index is 13.6. The first-order valence-corrected chi connectivity index (χ1v) is 6.74. The van der Waals surface area contributed by atoms with Crippen LogP contribution in [0.15, 0.2) is 40.9 Å². The topological polar surface area (TPSA) is 46.5 Å². The van der Waals surface area contributed by atoms with Crippen LogP contribution in [0.25, 0.3) is 0 Å². The lowest BCUT2D eigenvalue weighted by molar-refractivity contribution is 0.0696. The predicted octanol–water partition coefficient (Wildman–Crippen LogP) is 4.52. The molecule has 104 valence electrons. The molecule has 20 heavy (non-hydrogen) atoms. The summed E-state index contributed by atoms with van der Waals surface area (Å²) in [5.74, 6) is -1.93. The molecular weight excluding hydrogens is 351 g/mol. The van der Waals surface area contributed by atoms with Gasteiger partial charge in [-0.1, -0.05) is 33.6 Å². The van der Waals surface area contributed by atoms with Gasteiger partial charge in [-0.15, -0.1) is 0 Å². The molecule has 0 amide bonds. The molecule has 0 heterocycles. The Balaban J connectivity index is 2.13. The molecule has 0 spiro atoms. The van der Waals surface area contributed by atoms with Gasteiger partial charge in [0.05, 0.1) is 5.56 Å². The van der Waals surface area contributed by atoms with E-state index in [1.54, 1.807) is 18.2 Å². The molecule has 0 unspecified atom stereocenters. The number of carboxylic acid groups (broad SMARTS) is 1. The van der Waals surface area contributed by atoms with Crippen molar-refractivity contribution >= 4 is 33.5 Å². The number of hydrogen-bond donors (Lipinski definition) is 1. The van der Waals surface area contributed by atoms with Gasteiger partial charge in [-0.3, -0.25) is 0 Å². The summed E-state index contributed by atoms with van der Waals surface area (Å²) < 4.78 is 19.8. The van der Waals surface area contributed by atoms with Gasteiger partial charge in [0.25, 0.3) is 0 Å². The number of hydrogen-bond acceptors (Lipinski definition) is 2. The third-order valence-corrected chi connectivity index (χ3v) is 3.42. The molecule has 0 aromatic heterocycles. The average molecular weight is 360 g/mol. The van der Waals surface area contributed by atoms with Crippen LogP contribution in [0, 0.1) is 5.82 Å². The van der Waals surface area contributed by atoms with Gasteiger partial charge in [-0.2, -0.15) is 0 Å². The van der Waals surface area contributed by atoms with Crippen molar-refractivity contribution < 1.29 is 19.0 Å². The van der Waals surface area contributed by atoms with Crippen molar-refractivity contribution in [1.82, 2.24) is 0 Å². The van der Waals surface area contributed by atoms with Crippen molar-refractivity contribution in [2.24, 2.45) is 0 Å². The summed E-state index contributed by atoms with van der Waals surface area (Å²) in [5, 5.41) is 9.24. The lowest BCUT2D eigenvalue weighted by Crippen LogP contribution is -2.01. The Hall–Kier alpha value is -1.59. The highest BCUT2D eigenvalue weighted by Gasteiger charge is 2.10. The molecule has 2 aromatic rings. The minimum absolute atomic E-state index is 0.0195. The average Bonchev–Trinajstić information content (AvgIpc) is 2.38. The van der Waals surface area contributed by atoms with Gasteiger partial charge >= 0.3 is 5.97 Å². The van der Waals surface area contributed by atoms with Crippen LogP contribution < -0.4 is 4.74 Å². The van der Waals surface area contributed by atoms with E-state index in [0.717, 1.165) is 10.5 Å². The maximum Gasteiger partial charge on any atom is 0.335 e. The summed E-state index contributed by atoms with van der Waals surface area (Å²) in [6.45, 7) is 0.0927. The van der Waals surface area contributed by atoms with Gasteiger partial charge in [0.15, 0.2) is 11.6 Å². The Bertz CT molecular complexity index is 661. The van der Waals surface area contributed by atoms with E-state index in [-0.39, 0.29) is 17.9 Å². The van der Waals surface area contributed by atoms with Crippen molar-refractivity contribution in [3.05, 3.63) is 62.8 Å². The molecule has 0 bridgehead atoms. The Labute approximate surface area is 128 Å². The smallest absolute Gasteiger partial charge is 0.335 e. The van der Waals surface area contributed by atoms with Crippen LogP contribution in [0.2, 0.25) is 5.02 Å². The quantitative estimate of drug-likeness (QED) is 0.873. The zero-order valence-electron chi connectivity index (χ0n) is 10.1. The molecule has 3 nitrogen and oxygen atoms in total. The van der Waals surface area contributed by atoms with E-state index >= 15 is 0 Å². The Morgan fingerprint density at radius 3 is 2.65 bits per heavy atom. The SMILES string of the molecule is O=C(O)c1ccc(OCc2ccc(Br)cc2Cl)c(F)c1. The highest BCUT2D eigenvalue weighted by Crippen LogP contribution is 2.24. The van der Waals surface area contributed by atoms with Crippen molar-refractivity contribution in [2.45, 2.75) is 6.61 Å². The molecule has 0 aliphatic carbocycles. The molecule has 0 fully saturated rings. The van der Waals surface area contributed by atoms with Gasteiger partial charge in [-0.25, -0.2) is 9.18 Å². The monoisotopic (exact) mass is 358 g/mol. The molecular formula is C14H9BrClFO3. The standard InChI is InChI=1S/C14H9BrClFO3/c15-10-3-1-9(11(16)6-10)7-20-13-4-2-8(14(18)19)5-12(13)17/h1-6H,7H2,(H,18,19). The van der Waals surface area contributed by atoms with Crippen molar-refractivity contribution in [1.29, 1.82) is 0 Å². The second kappa shape index (κ2) is 6.24. The molecule has 1 N–H and O–H groups in total. The Morgan fingerprint density at radius 1 is 1.30 bits per heavy atom. The lowest BCUT2D eigenvalue weighted by atomic mass is 10.2. The summed E-state index contributed by atoms with van der Waals surface area (Å²) >= 11 is 9.31. The highest BCUT2D eigenvalue weighted by molar-refractivity contribution is 9.10. The van der Waals surface area contributed by atoms with Crippen LogP contribution in [0.1, 0.15) is 15.9 Å². The van der Waals surface area contributed by atoms with E-state index in [2.05, 4.69) is 15.9 Å². The van der Waals surface area contributed by atoms with E-state index < -0.39 is 11.8 Å². The number of carboxylic acids is 1. The van der Waals surface area contributed by atoms with E-state index in [1.165, 1.54) is 12.1 Å². The summed E-state index contributed by atoms with van der Waals surface area (Å²) in [4.78, 5) is 10.7. The van der Waals surface area contributed by atoms with Crippen molar-refractivity contribution in [3.8, 4) is 5.75 Å². The molecule has 2 rings (SSSR count). The molecule has 0 radical (unpaired) electrons. The molecule has 0 aliphatic rings. The normalized spacial score (nSPS) is 10.3. The van der Waals surface area contributed by atoms with Gasteiger partial charge in [-0.05, 0) is 30.3 Å². The Kier molecular flexibility index (Phi) is 4.62. The summed E-state index contributed by atoms with van der Waals surface area (Å²) in [6, 6.07) is 8.75. The number of benzene rings is 2. The molecule has 0 aliphatic heterocycles. The van der Waals surface area contributed by atoms with Gasteiger partial charge in [0, 0.05) is 15.1 Å². The summed E-state index contributed by atoms with van der Waals surface area (Å²) in [6.07, 6.45) is 0. The fourth-order valence-corrected chi connectivity index (χ4v) is 2.27. The zero-order valence-corrected chi connectivity index (χ0v) is 12.4. The van der Waals surface area contributed by atoms with Crippen LogP contribution in [-0.4, -0.2) is 11.1 Å². The van der Waals surface area contributed by atoms with Crippen LogP contribution in [-0.2, 0) is 6.61 Å². The third kappa shape index (κ3) is 3.49. The van der Waals surface area contributed by atoms with Crippen LogP contribution in [0.5, 0.6) is 5.75 Å². The minimum atomic E-state index is -1.19. The van der Waals surface area contributed by atoms with Crippen LogP contribution in [0.4, 0.5) is 4.39 Å². The van der Waals surface area contributed by atoms with E-state index in [4.69, 9.17) is 21.4 Å². The molecule has 2 aromatic carbocycles. The molecule has 0 saturated heterocycles. The van der Waals surface area contributed by atoms with Crippen molar-refractivity contribution in [2.75, 3.05) is 0 Å². The fourth-order valence-electron chi connectivity index (χ4n) is 1.55. The van der Waals surface area contributed by atoms with Gasteiger partial charge in [0.1, 0.15) is 6.61 Å². The number of carbonyl (C=O) groups is 1. The number of ether oxygens (including phenoxy) is 1. The summed E-state index contributed by atoms with van der Waals surface area (Å²) in [7, 11) is 0. The first-order valence-electron chi connectivity index (χ1n) is 5.57. The van der Waals surface area contributed by atoms with Crippen molar-refractivity contribution in [3.63, 3.8) is 0 Å². The van der Waals surface area contributed by atoms with Crippen LogP contribution in [0.3, 0.4) is 0 Å². The van der Waals surface area contributed by atoms with Gasteiger partial charge in [0.2, 0.25) is 0 Å². The Morgan fingerprint density at radius 2 is 2.05 bits per heavy atom. The summed E-state index contributed by atoms with van der Waals surface area (Å²) in [5.41, 5.74) is 0.577. The second-order valence-corrected chi connectivity index (χ2v) is 5.30. The first kappa shape index (κ1) is 14.8. The predicted molar refractivity (Wildman–Crippen MR) is 76.8 cm³/mol. The molecule has 0 atom stereocenters. The first-order chi connectivity index (χ1) is 9.47. The lowest BCUT2D eigenvalue weighted by Gasteiger charge is -2.09. The van der Waals surface area contributed by atoms with E-state index in [0.29, 0.717) is 10.6 Å².